The van der Waals surface area contributed by atoms with E-state index in [9.17, 15) is 37.2 Å². The van der Waals surface area contributed by atoms with E-state index < -0.39 is 89.1 Å². The van der Waals surface area contributed by atoms with Crippen LogP contribution in [0, 0.1) is 28.8 Å². The van der Waals surface area contributed by atoms with Crippen LogP contribution in [0.4, 0.5) is 33.5 Å². The van der Waals surface area contributed by atoms with Crippen molar-refractivity contribution >= 4 is 40.8 Å². The molecule has 3 amide bonds. The van der Waals surface area contributed by atoms with Crippen molar-refractivity contribution in [2.45, 2.75) is 49.7 Å². The topological polar surface area (TPSA) is 106 Å². The van der Waals surface area contributed by atoms with Gasteiger partial charge in [-0.3, -0.25) is 24.2 Å². The van der Waals surface area contributed by atoms with Crippen molar-refractivity contribution in [3.05, 3.63) is 88.3 Å². The second-order valence-corrected chi connectivity index (χ2v) is 10.6. The molecule has 1 N–H and O–H groups in total. The van der Waals surface area contributed by atoms with Crippen LogP contribution in [0.3, 0.4) is 0 Å². The van der Waals surface area contributed by atoms with Crippen LogP contribution in [0.15, 0.2) is 54.7 Å². The van der Waals surface area contributed by atoms with Crippen LogP contribution in [0.25, 0.3) is 0 Å². The molecule has 1 aliphatic heterocycles. The Hall–Kier alpha value is -4.57. The molecule has 1 saturated carbocycles. The number of anilines is 2. The monoisotopic (exact) mass is 617 g/mol. The van der Waals surface area contributed by atoms with Crippen LogP contribution in [-0.2, 0) is 14.4 Å². The minimum atomic E-state index is -3.00. The van der Waals surface area contributed by atoms with E-state index >= 15 is 4.39 Å². The van der Waals surface area contributed by atoms with Crippen molar-refractivity contribution in [2.75, 3.05) is 9.80 Å². The summed E-state index contributed by atoms with van der Waals surface area (Å²) < 4.78 is 71.4. The maximum atomic E-state index is 15.2. The Labute approximate surface area is 246 Å². The summed E-state index contributed by atoms with van der Waals surface area (Å²) in [5.74, 6) is -9.82. The number of carbonyl (C=O) groups is 3. The Balaban J connectivity index is 1.65. The zero-order valence-corrected chi connectivity index (χ0v) is 22.8. The molecular formula is C29H21ClF5N5O3. The van der Waals surface area contributed by atoms with Gasteiger partial charge in [-0.2, -0.15) is 5.26 Å². The summed E-state index contributed by atoms with van der Waals surface area (Å²) in [6.07, 6.45) is -0.739. The Morgan fingerprint density at radius 2 is 1.79 bits per heavy atom. The van der Waals surface area contributed by atoms with E-state index in [4.69, 9.17) is 11.6 Å². The first-order valence-corrected chi connectivity index (χ1v) is 13.4. The summed E-state index contributed by atoms with van der Waals surface area (Å²) in [7, 11) is 0. The highest BCUT2D eigenvalue weighted by atomic mass is 35.5. The SMILES string of the molecule is N#Cc1ccnc(N2C(=O)CC[C@H]2C(=O)N(c2cc(F)cc(F)c2)[C@H](C(=O)NC2CC(F)(F)C2)c2ccccc2Cl)c1F. The fraction of sp³-hybridized carbons (Fsp3) is 0.276. The van der Waals surface area contributed by atoms with Crippen LogP contribution in [0.1, 0.15) is 42.9 Å². The van der Waals surface area contributed by atoms with Crippen LogP contribution in [0.2, 0.25) is 5.02 Å². The van der Waals surface area contributed by atoms with Crippen molar-refractivity contribution in [3.8, 4) is 6.07 Å². The first-order valence-electron chi connectivity index (χ1n) is 13.0. The van der Waals surface area contributed by atoms with Gasteiger partial charge in [-0.25, -0.2) is 26.9 Å². The van der Waals surface area contributed by atoms with Crippen LogP contribution >= 0.6 is 11.6 Å². The Kier molecular flexibility index (Phi) is 8.07. The molecule has 0 spiro atoms. The molecule has 3 aromatic rings. The standard InChI is InChI=1S/C29H21ClF5N5O3/c30-21-4-2-1-3-20(21)25(27(42)38-18-12-29(34,35)13-18)39(19-10-16(31)9-17(32)11-19)28(43)22-5-6-23(41)40(22)26-24(33)15(14-36)7-8-37-26/h1-4,7-11,18,22,25H,5-6,12-13H2,(H,38,42)/t22-,25-/m0/s1. The van der Waals surface area contributed by atoms with Gasteiger partial charge in [-0.05, 0) is 30.7 Å². The molecule has 2 aromatic carbocycles. The van der Waals surface area contributed by atoms with Crippen molar-refractivity contribution in [1.82, 2.24) is 10.3 Å². The number of nitrogens with zero attached hydrogens (tertiary/aromatic N) is 4. The number of nitrogens with one attached hydrogen (secondary N) is 1. The number of nitriles is 1. The number of aromatic nitrogens is 1. The second-order valence-electron chi connectivity index (χ2n) is 10.2. The second kappa shape index (κ2) is 11.6. The van der Waals surface area contributed by atoms with Gasteiger partial charge in [-0.1, -0.05) is 29.8 Å². The number of halogens is 6. The predicted molar refractivity (Wildman–Crippen MR) is 144 cm³/mol. The third-order valence-electron chi connectivity index (χ3n) is 7.22. The number of carbonyl (C=O) groups excluding carboxylic acids is 3. The van der Waals surface area contributed by atoms with E-state index in [1.54, 1.807) is 6.07 Å². The van der Waals surface area contributed by atoms with Crippen LogP contribution in [-0.4, -0.2) is 40.7 Å². The molecule has 1 aliphatic carbocycles. The molecule has 0 radical (unpaired) electrons. The lowest BCUT2D eigenvalue weighted by atomic mass is 9.87. The number of hydrogen-bond acceptors (Lipinski definition) is 5. The van der Waals surface area contributed by atoms with Gasteiger partial charge in [-0.15, -0.1) is 0 Å². The van der Waals surface area contributed by atoms with Gasteiger partial charge < -0.3 is 5.32 Å². The molecule has 1 saturated heterocycles. The summed E-state index contributed by atoms with van der Waals surface area (Å²) >= 11 is 6.41. The third-order valence-corrected chi connectivity index (χ3v) is 7.57. The zero-order chi connectivity index (χ0) is 31.1. The summed E-state index contributed by atoms with van der Waals surface area (Å²) in [6.45, 7) is 0. The molecule has 2 aliphatic rings. The summed E-state index contributed by atoms with van der Waals surface area (Å²) in [5, 5.41) is 11.7. The van der Waals surface area contributed by atoms with Crippen molar-refractivity contribution < 1.29 is 36.3 Å². The average molecular weight is 618 g/mol. The number of pyridine rings is 1. The minimum Gasteiger partial charge on any atom is -0.351 e. The summed E-state index contributed by atoms with van der Waals surface area (Å²) in [5.41, 5.74) is -0.928. The fourth-order valence-corrected chi connectivity index (χ4v) is 5.49. The minimum absolute atomic E-state index is 0.0163. The van der Waals surface area contributed by atoms with Gasteiger partial charge in [0.25, 0.3) is 11.8 Å². The van der Waals surface area contributed by atoms with Crippen molar-refractivity contribution in [1.29, 1.82) is 5.26 Å². The molecule has 222 valence electrons. The number of alkyl halides is 2. The quantitative estimate of drug-likeness (QED) is 0.367. The first kappa shape index (κ1) is 29.9. The van der Waals surface area contributed by atoms with Crippen LogP contribution in [0.5, 0.6) is 0 Å². The summed E-state index contributed by atoms with van der Waals surface area (Å²) in [4.78, 5) is 46.4. The molecule has 0 unspecified atom stereocenters. The molecule has 8 nitrogen and oxygen atoms in total. The number of hydrogen-bond donors (Lipinski definition) is 1. The Morgan fingerprint density at radius 1 is 1.12 bits per heavy atom. The molecule has 14 heteroatoms. The third kappa shape index (κ3) is 5.87. The highest BCUT2D eigenvalue weighted by Gasteiger charge is 2.49. The van der Waals surface area contributed by atoms with Gasteiger partial charge >= 0.3 is 0 Å². The van der Waals surface area contributed by atoms with E-state index in [-0.39, 0.29) is 23.4 Å². The predicted octanol–water partition coefficient (Wildman–Crippen LogP) is 5.21. The van der Waals surface area contributed by atoms with E-state index in [2.05, 4.69) is 10.3 Å². The maximum absolute atomic E-state index is 15.2. The molecule has 1 aromatic heterocycles. The zero-order valence-electron chi connectivity index (χ0n) is 22.0. The lowest BCUT2D eigenvalue weighted by molar-refractivity contribution is -0.133. The summed E-state index contributed by atoms with van der Waals surface area (Å²) in [6, 6.07) is 6.25. The van der Waals surface area contributed by atoms with Crippen molar-refractivity contribution in [2.24, 2.45) is 0 Å². The molecule has 2 fully saturated rings. The first-order chi connectivity index (χ1) is 20.4. The Bertz CT molecular complexity index is 1640. The smallest absolute Gasteiger partial charge is 0.252 e. The highest BCUT2D eigenvalue weighted by molar-refractivity contribution is 6.31. The van der Waals surface area contributed by atoms with Crippen LogP contribution < -0.4 is 15.1 Å². The highest BCUT2D eigenvalue weighted by Crippen LogP contribution is 2.40. The van der Waals surface area contributed by atoms with Gasteiger partial charge in [0.15, 0.2) is 11.6 Å². The number of rotatable bonds is 7. The molecule has 0 bridgehead atoms. The molecule has 43 heavy (non-hydrogen) atoms. The molecule has 5 rings (SSSR count). The maximum Gasteiger partial charge on any atom is 0.252 e. The molecular weight excluding hydrogens is 597 g/mol. The lowest BCUT2D eigenvalue weighted by Crippen LogP contribution is -2.56. The van der Waals surface area contributed by atoms with Gasteiger partial charge in [0.2, 0.25) is 11.8 Å². The number of benzene rings is 2. The van der Waals surface area contributed by atoms with E-state index in [0.717, 1.165) is 29.3 Å². The van der Waals surface area contributed by atoms with Gasteiger partial charge in [0, 0.05) is 48.2 Å². The van der Waals surface area contributed by atoms with E-state index in [1.807, 2.05) is 0 Å². The fourth-order valence-electron chi connectivity index (χ4n) is 5.25. The average Bonchev–Trinajstić information content (AvgIpc) is 3.31. The lowest BCUT2D eigenvalue weighted by Gasteiger charge is -2.39. The van der Waals surface area contributed by atoms with Gasteiger partial charge in [0.1, 0.15) is 29.8 Å². The Morgan fingerprint density at radius 3 is 2.42 bits per heavy atom. The van der Waals surface area contributed by atoms with Gasteiger partial charge in [0.05, 0.1) is 11.3 Å². The van der Waals surface area contributed by atoms with E-state index in [1.165, 1.54) is 24.3 Å². The number of amides is 3. The molecule has 2 heterocycles. The molecule has 2 atom stereocenters. The normalized spacial score (nSPS) is 18.5. The largest absolute Gasteiger partial charge is 0.351 e. The van der Waals surface area contributed by atoms with E-state index in [0.29, 0.717) is 11.0 Å². The van der Waals surface area contributed by atoms with Crippen molar-refractivity contribution in [3.63, 3.8) is 0 Å².